The van der Waals surface area contributed by atoms with Gasteiger partial charge in [-0.3, -0.25) is 14.5 Å². The molecule has 2 saturated carbocycles. The van der Waals surface area contributed by atoms with Crippen LogP contribution >= 0.6 is 0 Å². The molecule has 5 rings (SSSR count). The summed E-state index contributed by atoms with van der Waals surface area (Å²) in [4.78, 5) is 30.2. The number of likely N-dealkylation sites (tertiary alicyclic amines) is 2. The number of carbonyl (C=O) groups excluding carboxylic acids is 1. The van der Waals surface area contributed by atoms with Crippen molar-refractivity contribution in [3.8, 4) is 0 Å². The number of hydrogen-bond donors (Lipinski definition) is 1. The second-order valence-corrected chi connectivity index (χ2v) is 9.64. The molecular weight excluding hydrogens is 352 g/mol. The van der Waals surface area contributed by atoms with E-state index in [2.05, 4.69) is 29.2 Å². The second-order valence-electron chi connectivity index (χ2n) is 9.64. The van der Waals surface area contributed by atoms with Gasteiger partial charge < -0.3 is 10.0 Å². The van der Waals surface area contributed by atoms with Crippen molar-refractivity contribution in [3.05, 3.63) is 35.9 Å². The van der Waals surface area contributed by atoms with Crippen LogP contribution in [0.1, 0.15) is 44.1 Å². The van der Waals surface area contributed by atoms with E-state index in [1.807, 2.05) is 11.0 Å². The Morgan fingerprint density at radius 1 is 0.964 bits per heavy atom. The summed E-state index contributed by atoms with van der Waals surface area (Å²) in [5.41, 5.74) is 0.334. The fourth-order valence-corrected chi connectivity index (χ4v) is 6.81. The van der Waals surface area contributed by atoms with Crippen molar-refractivity contribution in [2.24, 2.45) is 22.7 Å². The number of amides is 1. The number of carboxylic acids is 1. The normalized spacial score (nSPS) is 37.2. The molecule has 2 aliphatic heterocycles. The largest absolute Gasteiger partial charge is 0.481 e. The molecule has 2 heterocycles. The van der Waals surface area contributed by atoms with Crippen molar-refractivity contribution in [3.63, 3.8) is 0 Å². The van der Waals surface area contributed by atoms with Crippen LogP contribution in [0, 0.1) is 22.7 Å². The average molecular weight is 383 g/mol. The Morgan fingerprint density at radius 3 is 2.32 bits per heavy atom. The third-order valence-corrected chi connectivity index (χ3v) is 8.20. The van der Waals surface area contributed by atoms with Gasteiger partial charge in [-0.25, -0.2) is 0 Å². The molecule has 2 aliphatic carbocycles. The highest BCUT2D eigenvalue weighted by Crippen LogP contribution is 2.54. The van der Waals surface area contributed by atoms with Gasteiger partial charge >= 0.3 is 5.97 Å². The monoisotopic (exact) mass is 382 g/mol. The minimum absolute atomic E-state index is 0.145. The van der Waals surface area contributed by atoms with Crippen molar-refractivity contribution < 1.29 is 14.7 Å². The number of fused-ring (bicyclic) bond motifs is 2. The van der Waals surface area contributed by atoms with Gasteiger partial charge in [0.1, 0.15) is 0 Å². The van der Waals surface area contributed by atoms with E-state index in [0.717, 1.165) is 58.2 Å². The van der Waals surface area contributed by atoms with E-state index in [-0.39, 0.29) is 17.2 Å². The second kappa shape index (κ2) is 6.58. The van der Waals surface area contributed by atoms with Crippen LogP contribution in [0.4, 0.5) is 0 Å². The van der Waals surface area contributed by atoms with Gasteiger partial charge in [0.15, 0.2) is 0 Å². The lowest BCUT2D eigenvalue weighted by atomic mass is 9.79. The SMILES string of the molecule is O=C(O)[C@@]12CCC[C@H]1CN(C(=O)[C@@]13CCC[C@@H]1CN(Cc1ccccc1)C3)C2. The molecule has 4 aliphatic rings. The summed E-state index contributed by atoms with van der Waals surface area (Å²) in [5.74, 6) is 0.125. The Kier molecular flexibility index (Phi) is 4.27. The summed E-state index contributed by atoms with van der Waals surface area (Å²) < 4.78 is 0. The van der Waals surface area contributed by atoms with Crippen molar-refractivity contribution in [2.75, 3.05) is 26.2 Å². The van der Waals surface area contributed by atoms with E-state index in [9.17, 15) is 14.7 Å². The maximum absolute atomic E-state index is 13.8. The summed E-state index contributed by atoms with van der Waals surface area (Å²) in [6.45, 7) is 3.79. The molecule has 0 bridgehead atoms. The maximum Gasteiger partial charge on any atom is 0.311 e. The first-order valence-corrected chi connectivity index (χ1v) is 10.8. The van der Waals surface area contributed by atoms with E-state index < -0.39 is 11.4 Å². The molecule has 4 atom stereocenters. The first-order chi connectivity index (χ1) is 13.5. The molecule has 1 aromatic carbocycles. The molecule has 1 aromatic rings. The third kappa shape index (κ3) is 2.62. The van der Waals surface area contributed by atoms with E-state index in [1.54, 1.807) is 0 Å². The van der Waals surface area contributed by atoms with Crippen LogP contribution in [0.5, 0.6) is 0 Å². The lowest BCUT2D eigenvalue weighted by Gasteiger charge is -2.33. The van der Waals surface area contributed by atoms with E-state index in [0.29, 0.717) is 19.0 Å². The Labute approximate surface area is 166 Å². The van der Waals surface area contributed by atoms with Gasteiger partial charge in [-0.05, 0) is 43.1 Å². The number of rotatable bonds is 4. The predicted octanol–water partition coefficient (Wildman–Crippen LogP) is 3.00. The standard InChI is InChI=1S/C23H30N2O3/c26-20(25-14-19-9-5-11-23(19,16-25)21(27)28)22-10-4-8-18(22)13-24(15-22)12-17-6-2-1-3-7-17/h1-3,6-7,18-19H,4-5,8-16H2,(H,27,28)/t18-,19+,22-,23-/m1/s1. The molecule has 0 spiro atoms. The quantitative estimate of drug-likeness (QED) is 0.870. The highest BCUT2D eigenvalue weighted by Gasteiger charge is 2.61. The maximum atomic E-state index is 13.8. The fraction of sp³-hybridized carbons (Fsp3) is 0.652. The minimum Gasteiger partial charge on any atom is -0.481 e. The minimum atomic E-state index is -0.692. The van der Waals surface area contributed by atoms with Crippen molar-refractivity contribution >= 4 is 11.9 Å². The van der Waals surface area contributed by atoms with Gasteiger partial charge in [-0.2, -0.15) is 0 Å². The summed E-state index contributed by atoms with van der Waals surface area (Å²) >= 11 is 0. The molecule has 4 fully saturated rings. The Bertz CT molecular complexity index is 781. The molecule has 0 aromatic heterocycles. The molecule has 150 valence electrons. The lowest BCUT2D eigenvalue weighted by Crippen LogP contribution is -2.47. The molecule has 5 nitrogen and oxygen atoms in total. The topological polar surface area (TPSA) is 60.9 Å². The molecule has 2 saturated heterocycles. The van der Waals surface area contributed by atoms with E-state index in [4.69, 9.17) is 0 Å². The first-order valence-electron chi connectivity index (χ1n) is 10.8. The number of aliphatic carboxylic acids is 1. The summed E-state index contributed by atoms with van der Waals surface area (Å²) in [6, 6.07) is 10.5. The number of nitrogens with zero attached hydrogens (tertiary/aromatic N) is 2. The van der Waals surface area contributed by atoms with Crippen molar-refractivity contribution in [1.29, 1.82) is 0 Å². The highest BCUT2D eigenvalue weighted by molar-refractivity contribution is 5.86. The number of carbonyl (C=O) groups is 2. The van der Waals surface area contributed by atoms with Crippen molar-refractivity contribution in [2.45, 2.75) is 45.1 Å². The van der Waals surface area contributed by atoms with Crippen LogP contribution in [-0.4, -0.2) is 53.0 Å². The van der Waals surface area contributed by atoms with Crippen LogP contribution in [0.3, 0.4) is 0 Å². The van der Waals surface area contributed by atoms with Gasteiger partial charge in [-0.15, -0.1) is 0 Å². The van der Waals surface area contributed by atoms with Crippen LogP contribution in [0.15, 0.2) is 30.3 Å². The molecule has 28 heavy (non-hydrogen) atoms. The summed E-state index contributed by atoms with van der Waals surface area (Å²) in [5, 5.41) is 9.88. The van der Waals surface area contributed by atoms with Gasteiger partial charge in [0.2, 0.25) is 5.91 Å². The van der Waals surface area contributed by atoms with E-state index in [1.165, 1.54) is 5.56 Å². The molecular formula is C23H30N2O3. The molecule has 1 N–H and O–H groups in total. The fourth-order valence-electron chi connectivity index (χ4n) is 6.81. The van der Waals surface area contributed by atoms with Gasteiger partial charge in [0.25, 0.3) is 0 Å². The van der Waals surface area contributed by atoms with E-state index >= 15 is 0 Å². The smallest absolute Gasteiger partial charge is 0.311 e. The zero-order chi connectivity index (χ0) is 19.4. The van der Waals surface area contributed by atoms with Crippen molar-refractivity contribution in [1.82, 2.24) is 9.80 Å². The predicted molar refractivity (Wildman–Crippen MR) is 105 cm³/mol. The summed E-state index contributed by atoms with van der Waals surface area (Å²) in [6.07, 6.45) is 5.87. The molecule has 0 radical (unpaired) electrons. The highest BCUT2D eigenvalue weighted by atomic mass is 16.4. The molecule has 5 heteroatoms. The van der Waals surface area contributed by atoms with Gasteiger partial charge in [0, 0.05) is 32.7 Å². The first kappa shape index (κ1) is 18.2. The van der Waals surface area contributed by atoms with Crippen LogP contribution in [0.25, 0.3) is 0 Å². The Balaban J connectivity index is 1.34. The average Bonchev–Trinajstić information content (AvgIpc) is 3.39. The van der Waals surface area contributed by atoms with Crippen LogP contribution < -0.4 is 0 Å². The van der Waals surface area contributed by atoms with Crippen LogP contribution in [-0.2, 0) is 16.1 Å². The van der Waals surface area contributed by atoms with Crippen LogP contribution in [0.2, 0.25) is 0 Å². The Morgan fingerprint density at radius 2 is 1.64 bits per heavy atom. The zero-order valence-electron chi connectivity index (χ0n) is 16.5. The third-order valence-electron chi connectivity index (χ3n) is 8.20. The molecule has 0 unspecified atom stereocenters. The number of benzene rings is 1. The number of hydrogen-bond acceptors (Lipinski definition) is 3. The van der Waals surface area contributed by atoms with Gasteiger partial charge in [-0.1, -0.05) is 43.2 Å². The van der Waals surface area contributed by atoms with Gasteiger partial charge in [0.05, 0.1) is 10.8 Å². The lowest BCUT2D eigenvalue weighted by molar-refractivity contribution is -0.150. The molecule has 1 amide bonds. The number of carboxylic acid groups (broad SMARTS) is 1. The summed E-state index contributed by atoms with van der Waals surface area (Å²) in [7, 11) is 0. The Hall–Kier alpha value is -1.88. The zero-order valence-corrected chi connectivity index (χ0v) is 16.5.